The first-order chi connectivity index (χ1) is 20.6. The SMILES string of the molecule is CC1(C)c2ccccc2N(c2ccccc2)c2ccc(-c3c4ccccc4c4c5c(cccc35)-c3cccnc3-4)cc21. The second kappa shape index (κ2) is 8.41. The van der Waals surface area contributed by atoms with Crippen molar-refractivity contribution in [1.29, 1.82) is 0 Å². The van der Waals surface area contributed by atoms with Crippen molar-refractivity contribution in [3.63, 3.8) is 0 Å². The van der Waals surface area contributed by atoms with E-state index in [9.17, 15) is 0 Å². The number of fused-ring (bicyclic) bond motifs is 7. The minimum atomic E-state index is -0.169. The molecule has 6 aromatic carbocycles. The van der Waals surface area contributed by atoms with Crippen molar-refractivity contribution in [3.05, 3.63) is 145 Å². The fourth-order valence-corrected chi connectivity index (χ4v) is 7.55. The van der Waals surface area contributed by atoms with Crippen LogP contribution in [-0.2, 0) is 5.41 Å². The fourth-order valence-electron chi connectivity index (χ4n) is 7.55. The molecular weight excluding hydrogens is 508 g/mol. The average molecular weight is 537 g/mol. The molecule has 7 aromatic rings. The molecule has 2 aliphatic rings. The monoisotopic (exact) mass is 536 g/mol. The van der Waals surface area contributed by atoms with Crippen LogP contribution in [0.3, 0.4) is 0 Å². The lowest BCUT2D eigenvalue weighted by Crippen LogP contribution is -2.30. The van der Waals surface area contributed by atoms with E-state index in [1.54, 1.807) is 0 Å². The molecule has 0 unspecified atom stereocenters. The molecule has 1 aliphatic heterocycles. The molecule has 0 radical (unpaired) electrons. The smallest absolute Gasteiger partial charge is 0.0793 e. The molecule has 2 nitrogen and oxygen atoms in total. The van der Waals surface area contributed by atoms with E-state index in [0.717, 1.165) is 5.69 Å². The molecule has 0 atom stereocenters. The molecule has 0 spiro atoms. The number of hydrogen-bond acceptors (Lipinski definition) is 2. The molecule has 0 bridgehead atoms. The van der Waals surface area contributed by atoms with E-state index in [4.69, 9.17) is 4.98 Å². The van der Waals surface area contributed by atoms with Gasteiger partial charge in [0.25, 0.3) is 0 Å². The highest BCUT2D eigenvalue weighted by Gasteiger charge is 2.37. The van der Waals surface area contributed by atoms with Gasteiger partial charge in [0.1, 0.15) is 0 Å². The standard InChI is InChI=1S/C40H28N2/c1-40(2)32-19-8-9-20-34(32)42(26-12-4-3-5-13-26)35-22-21-25(24-33(35)40)36-27-14-6-7-15-28(27)38-37-29(16-10-17-31(36)37)30-18-11-23-41-39(30)38/h3-24H,1-2H3. The van der Waals surface area contributed by atoms with E-state index < -0.39 is 0 Å². The molecule has 0 N–H and O–H groups in total. The van der Waals surface area contributed by atoms with Crippen LogP contribution in [0.1, 0.15) is 25.0 Å². The summed E-state index contributed by atoms with van der Waals surface area (Å²) in [6.45, 7) is 4.73. The van der Waals surface area contributed by atoms with Gasteiger partial charge in [-0.3, -0.25) is 4.98 Å². The Morgan fingerprint density at radius 2 is 1.24 bits per heavy atom. The fraction of sp³-hybridized carbons (Fsp3) is 0.0750. The summed E-state index contributed by atoms with van der Waals surface area (Å²) in [7, 11) is 0. The number of pyridine rings is 1. The molecule has 1 aliphatic carbocycles. The van der Waals surface area contributed by atoms with Crippen LogP contribution in [0.5, 0.6) is 0 Å². The summed E-state index contributed by atoms with van der Waals surface area (Å²) in [5, 5.41) is 5.13. The summed E-state index contributed by atoms with van der Waals surface area (Å²) in [6.07, 6.45) is 1.92. The molecule has 0 saturated carbocycles. The van der Waals surface area contributed by atoms with Crippen molar-refractivity contribution < 1.29 is 0 Å². The van der Waals surface area contributed by atoms with E-state index >= 15 is 0 Å². The van der Waals surface area contributed by atoms with E-state index in [0.29, 0.717) is 0 Å². The number of anilines is 3. The Labute approximate surface area is 245 Å². The summed E-state index contributed by atoms with van der Waals surface area (Å²) < 4.78 is 0. The van der Waals surface area contributed by atoms with Crippen molar-refractivity contribution in [1.82, 2.24) is 4.98 Å². The predicted octanol–water partition coefficient (Wildman–Crippen LogP) is 10.8. The van der Waals surface area contributed by atoms with Gasteiger partial charge >= 0.3 is 0 Å². The lowest BCUT2D eigenvalue weighted by Gasteiger charge is -2.42. The normalized spacial score (nSPS) is 14.1. The first-order valence-corrected chi connectivity index (χ1v) is 14.7. The Balaban J connectivity index is 1.36. The molecule has 0 amide bonds. The molecule has 0 fully saturated rings. The van der Waals surface area contributed by atoms with Crippen LogP contribution in [0.2, 0.25) is 0 Å². The highest BCUT2D eigenvalue weighted by atomic mass is 15.2. The average Bonchev–Trinajstić information content (AvgIpc) is 3.38. The van der Waals surface area contributed by atoms with Crippen LogP contribution in [0.25, 0.3) is 55.1 Å². The zero-order valence-electron chi connectivity index (χ0n) is 23.6. The minimum Gasteiger partial charge on any atom is -0.310 e. The van der Waals surface area contributed by atoms with Gasteiger partial charge in [-0.1, -0.05) is 105 Å². The first-order valence-electron chi connectivity index (χ1n) is 14.7. The van der Waals surface area contributed by atoms with Crippen molar-refractivity contribution in [2.24, 2.45) is 0 Å². The van der Waals surface area contributed by atoms with E-state index in [1.165, 1.54) is 77.6 Å². The van der Waals surface area contributed by atoms with Gasteiger partial charge in [-0.05, 0) is 80.4 Å². The van der Waals surface area contributed by atoms with Gasteiger partial charge in [0, 0.05) is 33.8 Å². The molecule has 2 heteroatoms. The summed E-state index contributed by atoms with van der Waals surface area (Å²) >= 11 is 0. The molecular formula is C40H28N2. The third-order valence-corrected chi connectivity index (χ3v) is 9.42. The summed E-state index contributed by atoms with van der Waals surface area (Å²) in [5.74, 6) is 0. The Bertz CT molecular complexity index is 2230. The second-order valence-electron chi connectivity index (χ2n) is 12.0. The number of para-hydroxylation sites is 2. The third kappa shape index (κ3) is 3.01. The maximum atomic E-state index is 4.88. The van der Waals surface area contributed by atoms with Gasteiger partial charge in [0.05, 0.1) is 17.1 Å². The van der Waals surface area contributed by atoms with Crippen molar-refractivity contribution in [3.8, 4) is 33.5 Å². The number of benzene rings is 6. The van der Waals surface area contributed by atoms with Gasteiger partial charge in [0.2, 0.25) is 0 Å². The van der Waals surface area contributed by atoms with Gasteiger partial charge in [0.15, 0.2) is 0 Å². The Hall–Kier alpha value is -5.21. The zero-order chi connectivity index (χ0) is 28.0. The second-order valence-corrected chi connectivity index (χ2v) is 12.0. The van der Waals surface area contributed by atoms with Gasteiger partial charge < -0.3 is 4.90 Å². The third-order valence-electron chi connectivity index (χ3n) is 9.42. The topological polar surface area (TPSA) is 16.1 Å². The van der Waals surface area contributed by atoms with Crippen LogP contribution in [0.15, 0.2) is 134 Å². The van der Waals surface area contributed by atoms with Crippen molar-refractivity contribution >= 4 is 38.6 Å². The zero-order valence-corrected chi connectivity index (χ0v) is 23.6. The maximum absolute atomic E-state index is 4.88. The number of aromatic nitrogens is 1. The first kappa shape index (κ1) is 23.5. The summed E-state index contributed by atoms with van der Waals surface area (Å²) in [6, 6.07) is 46.6. The Kier molecular flexibility index (Phi) is 4.70. The van der Waals surface area contributed by atoms with Crippen LogP contribution < -0.4 is 4.90 Å². The van der Waals surface area contributed by atoms with Gasteiger partial charge in [-0.15, -0.1) is 0 Å². The van der Waals surface area contributed by atoms with Crippen molar-refractivity contribution in [2.75, 3.05) is 4.90 Å². The van der Waals surface area contributed by atoms with Crippen LogP contribution in [0.4, 0.5) is 17.1 Å². The van der Waals surface area contributed by atoms with Gasteiger partial charge in [-0.2, -0.15) is 0 Å². The molecule has 42 heavy (non-hydrogen) atoms. The maximum Gasteiger partial charge on any atom is 0.0793 e. The van der Waals surface area contributed by atoms with E-state index in [-0.39, 0.29) is 5.41 Å². The van der Waals surface area contributed by atoms with Gasteiger partial charge in [-0.25, -0.2) is 0 Å². The van der Waals surface area contributed by atoms with E-state index in [2.05, 4.69) is 146 Å². The molecule has 2 heterocycles. The highest BCUT2D eigenvalue weighted by Crippen LogP contribution is 2.55. The number of rotatable bonds is 2. The molecule has 9 rings (SSSR count). The summed E-state index contributed by atoms with van der Waals surface area (Å²) in [5.41, 5.74) is 13.6. The predicted molar refractivity (Wildman–Crippen MR) is 176 cm³/mol. The van der Waals surface area contributed by atoms with Crippen LogP contribution in [-0.4, -0.2) is 4.98 Å². The van der Waals surface area contributed by atoms with Crippen LogP contribution in [0, 0.1) is 0 Å². The molecule has 0 saturated heterocycles. The number of nitrogens with zero attached hydrogens (tertiary/aromatic N) is 2. The lowest BCUT2D eigenvalue weighted by molar-refractivity contribution is 0.632. The molecule has 1 aromatic heterocycles. The van der Waals surface area contributed by atoms with E-state index in [1.807, 2.05) is 6.20 Å². The number of hydrogen-bond donors (Lipinski definition) is 0. The largest absolute Gasteiger partial charge is 0.310 e. The quantitative estimate of drug-likeness (QED) is 0.204. The van der Waals surface area contributed by atoms with Crippen LogP contribution >= 0.6 is 0 Å². The Morgan fingerprint density at radius 1 is 0.548 bits per heavy atom. The lowest BCUT2D eigenvalue weighted by atomic mass is 9.72. The Morgan fingerprint density at radius 3 is 2.10 bits per heavy atom. The van der Waals surface area contributed by atoms with Crippen molar-refractivity contribution in [2.45, 2.75) is 19.3 Å². The minimum absolute atomic E-state index is 0.169. The molecule has 198 valence electrons. The highest BCUT2D eigenvalue weighted by molar-refractivity contribution is 6.28. The summed E-state index contributed by atoms with van der Waals surface area (Å²) in [4.78, 5) is 7.31.